The second-order valence-corrected chi connectivity index (χ2v) is 9.02. The van der Waals surface area contributed by atoms with E-state index >= 15 is 0 Å². The maximum Gasteiger partial charge on any atom is 0.353 e. The average Bonchev–Trinajstić information content (AvgIpc) is 3.68. The summed E-state index contributed by atoms with van der Waals surface area (Å²) in [5, 5.41) is 11.2. The number of rotatable bonds is 11. The van der Waals surface area contributed by atoms with E-state index in [4.69, 9.17) is 14.2 Å². The molecule has 0 unspecified atom stereocenters. The Kier molecular flexibility index (Phi) is 6.67. The van der Waals surface area contributed by atoms with Gasteiger partial charge in [-0.25, -0.2) is 4.79 Å². The first-order valence-electron chi connectivity index (χ1n) is 12.1. The standard InChI is InChI=1S/C30H29NO5/c1-3-15-35-25-13-14-27-26(17-25)28(22-9-11-23(12-10-22)36-19-20-7-8-20)29(30(32)33)31(27)18-21-5-4-6-24(16-21)34-2/h3-6,9-14,16-17,20H,1,7-8,15,18-19H2,2H3,(H,32,33). The Bertz CT molecular complexity index is 1400. The number of aromatic carboxylic acids is 1. The normalized spacial score (nSPS) is 12.9. The average molecular weight is 484 g/mol. The van der Waals surface area contributed by atoms with Crippen molar-refractivity contribution < 1.29 is 24.1 Å². The number of hydrogen-bond donors (Lipinski definition) is 1. The molecule has 0 spiro atoms. The lowest BCUT2D eigenvalue weighted by atomic mass is 10.0. The van der Waals surface area contributed by atoms with Gasteiger partial charge in [-0.15, -0.1) is 0 Å². The lowest BCUT2D eigenvalue weighted by Crippen LogP contribution is -2.10. The van der Waals surface area contributed by atoms with Crippen LogP contribution in [0.4, 0.5) is 0 Å². The van der Waals surface area contributed by atoms with Crippen LogP contribution in [0.2, 0.25) is 0 Å². The Morgan fingerprint density at radius 1 is 1.03 bits per heavy atom. The number of ether oxygens (including phenoxy) is 3. The summed E-state index contributed by atoms with van der Waals surface area (Å²) in [6.45, 7) is 5.19. The molecule has 0 saturated heterocycles. The molecule has 1 N–H and O–H groups in total. The molecular formula is C30H29NO5. The highest BCUT2D eigenvalue weighted by molar-refractivity contribution is 6.08. The van der Waals surface area contributed by atoms with Crippen molar-refractivity contribution in [2.45, 2.75) is 19.4 Å². The lowest BCUT2D eigenvalue weighted by Gasteiger charge is -2.11. The Balaban J connectivity index is 1.63. The monoisotopic (exact) mass is 483 g/mol. The van der Waals surface area contributed by atoms with Gasteiger partial charge in [-0.05, 0) is 72.4 Å². The zero-order valence-corrected chi connectivity index (χ0v) is 20.3. The molecule has 0 amide bonds. The van der Waals surface area contributed by atoms with Gasteiger partial charge < -0.3 is 23.9 Å². The lowest BCUT2D eigenvalue weighted by molar-refractivity contribution is 0.0687. The molecule has 6 nitrogen and oxygen atoms in total. The second-order valence-electron chi connectivity index (χ2n) is 9.02. The number of fused-ring (bicyclic) bond motifs is 1. The van der Waals surface area contributed by atoms with Crippen LogP contribution in [0.25, 0.3) is 22.0 Å². The summed E-state index contributed by atoms with van der Waals surface area (Å²) in [6, 6.07) is 21.0. The predicted octanol–water partition coefficient (Wildman–Crippen LogP) is 6.42. The summed E-state index contributed by atoms with van der Waals surface area (Å²) >= 11 is 0. The number of hydrogen-bond acceptors (Lipinski definition) is 4. The van der Waals surface area contributed by atoms with E-state index in [1.807, 2.05) is 71.3 Å². The molecule has 0 atom stereocenters. The largest absolute Gasteiger partial charge is 0.497 e. The van der Waals surface area contributed by atoms with Crippen molar-refractivity contribution in [2.75, 3.05) is 20.3 Å². The third-order valence-corrected chi connectivity index (χ3v) is 6.41. The molecule has 0 aliphatic heterocycles. The smallest absolute Gasteiger partial charge is 0.353 e. The first-order valence-corrected chi connectivity index (χ1v) is 12.1. The number of carbonyl (C=O) groups is 1. The van der Waals surface area contributed by atoms with Crippen LogP contribution in [0.15, 0.2) is 79.4 Å². The van der Waals surface area contributed by atoms with Crippen molar-refractivity contribution in [3.63, 3.8) is 0 Å². The van der Waals surface area contributed by atoms with E-state index in [0.717, 1.165) is 40.1 Å². The van der Waals surface area contributed by atoms with Gasteiger partial charge in [0.05, 0.1) is 13.7 Å². The van der Waals surface area contributed by atoms with Gasteiger partial charge in [-0.2, -0.15) is 0 Å². The molecule has 184 valence electrons. The van der Waals surface area contributed by atoms with Gasteiger partial charge in [0, 0.05) is 23.0 Å². The summed E-state index contributed by atoms with van der Waals surface area (Å²) in [5.41, 5.74) is 3.43. The molecule has 1 fully saturated rings. The Hall–Kier alpha value is -4.19. The number of nitrogens with zero attached hydrogens (tertiary/aromatic N) is 1. The minimum atomic E-state index is -0.994. The predicted molar refractivity (Wildman–Crippen MR) is 140 cm³/mol. The second kappa shape index (κ2) is 10.2. The molecule has 6 heteroatoms. The van der Waals surface area contributed by atoms with Crippen LogP contribution in [-0.4, -0.2) is 36.0 Å². The fraction of sp³-hybridized carbons (Fsp3) is 0.233. The summed E-state index contributed by atoms with van der Waals surface area (Å²) in [5.74, 6) is 1.84. The highest BCUT2D eigenvalue weighted by atomic mass is 16.5. The number of carboxylic acid groups (broad SMARTS) is 1. The third kappa shape index (κ3) is 4.93. The maximum atomic E-state index is 12.7. The molecule has 0 bridgehead atoms. The van der Waals surface area contributed by atoms with E-state index in [1.165, 1.54) is 12.8 Å². The highest BCUT2D eigenvalue weighted by Crippen LogP contribution is 2.38. The van der Waals surface area contributed by atoms with Crippen molar-refractivity contribution in [1.82, 2.24) is 4.57 Å². The Labute approximate surface area is 210 Å². The van der Waals surface area contributed by atoms with Crippen molar-refractivity contribution in [2.24, 2.45) is 5.92 Å². The van der Waals surface area contributed by atoms with E-state index in [2.05, 4.69) is 6.58 Å². The molecular weight excluding hydrogens is 454 g/mol. The molecule has 5 rings (SSSR count). The summed E-state index contributed by atoms with van der Waals surface area (Å²) in [6.07, 6.45) is 4.13. The van der Waals surface area contributed by atoms with E-state index in [-0.39, 0.29) is 5.69 Å². The van der Waals surface area contributed by atoms with Gasteiger partial charge in [-0.1, -0.05) is 36.9 Å². The van der Waals surface area contributed by atoms with Gasteiger partial charge in [0.1, 0.15) is 29.5 Å². The van der Waals surface area contributed by atoms with Crippen LogP contribution in [0.1, 0.15) is 28.9 Å². The summed E-state index contributed by atoms with van der Waals surface area (Å²) < 4.78 is 18.9. The first-order chi connectivity index (χ1) is 17.6. The zero-order chi connectivity index (χ0) is 25.1. The number of benzene rings is 3. The Morgan fingerprint density at radius 3 is 2.50 bits per heavy atom. The van der Waals surface area contributed by atoms with Gasteiger partial charge in [0.15, 0.2) is 0 Å². The van der Waals surface area contributed by atoms with Gasteiger partial charge >= 0.3 is 5.97 Å². The van der Waals surface area contributed by atoms with Crippen LogP contribution in [0, 0.1) is 5.92 Å². The topological polar surface area (TPSA) is 69.9 Å². The Morgan fingerprint density at radius 2 is 1.81 bits per heavy atom. The molecule has 3 aromatic carbocycles. The van der Waals surface area contributed by atoms with Gasteiger partial charge in [0.25, 0.3) is 0 Å². The fourth-order valence-electron chi connectivity index (χ4n) is 4.43. The molecule has 1 heterocycles. The maximum absolute atomic E-state index is 12.7. The highest BCUT2D eigenvalue weighted by Gasteiger charge is 2.25. The molecule has 1 aliphatic rings. The molecule has 1 aliphatic carbocycles. The molecule has 1 aromatic heterocycles. The van der Waals surface area contributed by atoms with E-state index in [9.17, 15) is 9.90 Å². The van der Waals surface area contributed by atoms with E-state index in [0.29, 0.717) is 30.4 Å². The fourth-order valence-corrected chi connectivity index (χ4v) is 4.43. The number of aromatic nitrogens is 1. The molecule has 36 heavy (non-hydrogen) atoms. The minimum absolute atomic E-state index is 0.223. The molecule has 4 aromatic rings. The summed E-state index contributed by atoms with van der Waals surface area (Å²) in [7, 11) is 1.62. The van der Waals surface area contributed by atoms with Crippen LogP contribution < -0.4 is 14.2 Å². The van der Waals surface area contributed by atoms with Crippen molar-refractivity contribution >= 4 is 16.9 Å². The van der Waals surface area contributed by atoms with Gasteiger partial charge in [0.2, 0.25) is 0 Å². The SMILES string of the molecule is C=CCOc1ccc2c(c1)c(-c1ccc(OCC3CC3)cc1)c(C(=O)O)n2Cc1cccc(OC)c1. The minimum Gasteiger partial charge on any atom is -0.497 e. The quantitative estimate of drug-likeness (QED) is 0.249. The molecule has 0 radical (unpaired) electrons. The molecule has 1 saturated carbocycles. The van der Waals surface area contributed by atoms with Crippen molar-refractivity contribution in [3.8, 4) is 28.4 Å². The number of carboxylic acids is 1. The zero-order valence-electron chi connectivity index (χ0n) is 20.3. The van der Waals surface area contributed by atoms with E-state index < -0.39 is 5.97 Å². The van der Waals surface area contributed by atoms with Crippen LogP contribution >= 0.6 is 0 Å². The van der Waals surface area contributed by atoms with E-state index in [1.54, 1.807) is 13.2 Å². The van der Waals surface area contributed by atoms with Crippen LogP contribution in [-0.2, 0) is 6.54 Å². The third-order valence-electron chi connectivity index (χ3n) is 6.41. The van der Waals surface area contributed by atoms with Crippen LogP contribution in [0.3, 0.4) is 0 Å². The van der Waals surface area contributed by atoms with Crippen LogP contribution in [0.5, 0.6) is 17.2 Å². The first kappa shape index (κ1) is 23.5. The summed E-state index contributed by atoms with van der Waals surface area (Å²) in [4.78, 5) is 12.7. The van der Waals surface area contributed by atoms with Crippen molar-refractivity contribution in [3.05, 3.63) is 90.6 Å². The number of methoxy groups -OCH3 is 1. The van der Waals surface area contributed by atoms with Gasteiger partial charge in [-0.3, -0.25) is 0 Å². The van der Waals surface area contributed by atoms with Crippen molar-refractivity contribution in [1.29, 1.82) is 0 Å².